The van der Waals surface area contributed by atoms with Crippen molar-refractivity contribution in [1.29, 1.82) is 0 Å². The molecule has 162 valence electrons. The molecule has 0 bridgehead atoms. The van der Waals surface area contributed by atoms with Gasteiger partial charge >= 0.3 is 0 Å². The lowest BCUT2D eigenvalue weighted by Crippen LogP contribution is -2.28. The maximum absolute atomic E-state index is 13.4. The topological polar surface area (TPSA) is 101 Å². The van der Waals surface area contributed by atoms with Crippen LogP contribution in [-0.4, -0.2) is 31.4 Å². The Morgan fingerprint density at radius 1 is 0.969 bits per heavy atom. The minimum Gasteiger partial charge on any atom is -0.347 e. The molecule has 4 aromatic rings. The van der Waals surface area contributed by atoms with E-state index in [1.807, 2.05) is 0 Å². The monoisotopic (exact) mass is 436 g/mol. The normalized spacial score (nSPS) is 10.8. The maximum atomic E-state index is 13.4. The molecule has 2 N–H and O–H groups in total. The van der Waals surface area contributed by atoms with Crippen LogP contribution >= 0.6 is 0 Å². The fourth-order valence-corrected chi connectivity index (χ4v) is 3.10. The van der Waals surface area contributed by atoms with Crippen molar-refractivity contribution in [3.05, 3.63) is 94.6 Å². The van der Waals surface area contributed by atoms with Crippen LogP contribution in [0.25, 0.3) is 5.78 Å². The summed E-state index contributed by atoms with van der Waals surface area (Å²) >= 11 is 0. The molecule has 0 unspecified atom stereocenters. The lowest BCUT2D eigenvalue weighted by atomic mass is 10.1. The summed E-state index contributed by atoms with van der Waals surface area (Å²) in [5.74, 6) is -1.72. The van der Waals surface area contributed by atoms with E-state index in [1.165, 1.54) is 35.1 Å². The number of amides is 2. The van der Waals surface area contributed by atoms with E-state index in [9.17, 15) is 18.4 Å². The van der Waals surface area contributed by atoms with Gasteiger partial charge in [0.05, 0.1) is 0 Å². The molecule has 0 saturated heterocycles. The summed E-state index contributed by atoms with van der Waals surface area (Å²) in [6.07, 6.45) is 1.22. The van der Waals surface area contributed by atoms with E-state index in [4.69, 9.17) is 0 Å². The van der Waals surface area contributed by atoms with Gasteiger partial charge in [-0.2, -0.15) is 14.6 Å². The van der Waals surface area contributed by atoms with Crippen molar-refractivity contribution in [3.63, 3.8) is 0 Å². The van der Waals surface area contributed by atoms with E-state index in [-0.39, 0.29) is 36.1 Å². The van der Waals surface area contributed by atoms with Crippen LogP contribution in [0.2, 0.25) is 0 Å². The van der Waals surface area contributed by atoms with Gasteiger partial charge in [-0.1, -0.05) is 24.3 Å². The molecule has 2 aromatic carbocycles. The van der Waals surface area contributed by atoms with Gasteiger partial charge in [0, 0.05) is 19.2 Å². The number of hydrogen-bond donors (Lipinski definition) is 2. The zero-order valence-electron chi connectivity index (χ0n) is 17.0. The fraction of sp³-hybridized carbons (Fsp3) is 0.136. The summed E-state index contributed by atoms with van der Waals surface area (Å²) in [4.78, 5) is 33.5. The SMILES string of the molecule is Cc1cc(CNC(=O)c2cc(C(=O)NCc3cccc(F)c3)n3ncnc3n2)ccc1F. The number of halogens is 2. The third kappa shape index (κ3) is 4.59. The van der Waals surface area contributed by atoms with E-state index >= 15 is 0 Å². The average Bonchev–Trinajstić information content (AvgIpc) is 3.26. The Balaban J connectivity index is 1.52. The zero-order valence-corrected chi connectivity index (χ0v) is 17.0. The van der Waals surface area contributed by atoms with E-state index in [1.54, 1.807) is 31.2 Å². The van der Waals surface area contributed by atoms with Gasteiger partial charge in [-0.15, -0.1) is 0 Å². The number of nitrogens with zero attached hydrogens (tertiary/aromatic N) is 4. The van der Waals surface area contributed by atoms with Gasteiger partial charge in [0.15, 0.2) is 0 Å². The zero-order chi connectivity index (χ0) is 22.7. The second-order valence-electron chi connectivity index (χ2n) is 7.08. The second kappa shape index (κ2) is 8.88. The van der Waals surface area contributed by atoms with Gasteiger partial charge in [0.25, 0.3) is 17.6 Å². The maximum Gasteiger partial charge on any atom is 0.270 e. The van der Waals surface area contributed by atoms with Gasteiger partial charge in [-0.05, 0) is 41.8 Å². The highest BCUT2D eigenvalue weighted by atomic mass is 19.1. The number of aryl methyl sites for hydroxylation is 1. The Morgan fingerprint density at radius 3 is 2.47 bits per heavy atom. The first-order valence-corrected chi connectivity index (χ1v) is 9.67. The third-order valence-electron chi connectivity index (χ3n) is 4.73. The highest BCUT2D eigenvalue weighted by molar-refractivity contribution is 5.98. The number of fused-ring (bicyclic) bond motifs is 1. The van der Waals surface area contributed by atoms with Crippen molar-refractivity contribution in [2.75, 3.05) is 0 Å². The molecule has 2 heterocycles. The molecule has 0 saturated carbocycles. The molecular weight excluding hydrogens is 418 g/mol. The van der Waals surface area contributed by atoms with Gasteiger partial charge in [-0.3, -0.25) is 9.59 Å². The van der Waals surface area contributed by atoms with Crippen LogP contribution in [0.5, 0.6) is 0 Å². The van der Waals surface area contributed by atoms with Gasteiger partial charge in [0.2, 0.25) is 0 Å². The number of hydrogen-bond acceptors (Lipinski definition) is 5. The smallest absolute Gasteiger partial charge is 0.270 e. The number of aromatic nitrogens is 4. The predicted molar refractivity (Wildman–Crippen MR) is 111 cm³/mol. The van der Waals surface area contributed by atoms with Crippen molar-refractivity contribution >= 4 is 17.6 Å². The first kappa shape index (κ1) is 21.0. The van der Waals surface area contributed by atoms with E-state index in [0.717, 1.165) is 0 Å². The number of rotatable bonds is 6. The van der Waals surface area contributed by atoms with Gasteiger partial charge < -0.3 is 10.6 Å². The van der Waals surface area contributed by atoms with Crippen molar-refractivity contribution in [3.8, 4) is 0 Å². The molecule has 32 heavy (non-hydrogen) atoms. The van der Waals surface area contributed by atoms with Crippen LogP contribution in [0.1, 0.15) is 37.7 Å². The van der Waals surface area contributed by atoms with E-state index in [2.05, 4.69) is 25.7 Å². The van der Waals surface area contributed by atoms with Crippen LogP contribution in [0.4, 0.5) is 8.78 Å². The lowest BCUT2D eigenvalue weighted by molar-refractivity contribution is 0.0942. The summed E-state index contributed by atoms with van der Waals surface area (Å²) in [7, 11) is 0. The molecule has 0 aliphatic rings. The highest BCUT2D eigenvalue weighted by Gasteiger charge is 2.18. The fourth-order valence-electron chi connectivity index (χ4n) is 3.10. The Hall–Kier alpha value is -4.21. The molecule has 0 radical (unpaired) electrons. The largest absolute Gasteiger partial charge is 0.347 e. The van der Waals surface area contributed by atoms with Crippen molar-refractivity contribution in [2.45, 2.75) is 20.0 Å². The molecule has 0 spiro atoms. The lowest BCUT2D eigenvalue weighted by Gasteiger charge is -2.10. The van der Waals surface area contributed by atoms with Crippen molar-refractivity contribution in [2.24, 2.45) is 0 Å². The number of carbonyl (C=O) groups is 2. The number of benzene rings is 2. The molecule has 0 fully saturated rings. The summed E-state index contributed by atoms with van der Waals surface area (Å²) in [5.41, 5.74) is 1.78. The number of carbonyl (C=O) groups excluding carboxylic acids is 2. The van der Waals surface area contributed by atoms with Crippen molar-refractivity contribution in [1.82, 2.24) is 30.2 Å². The summed E-state index contributed by atoms with van der Waals surface area (Å²) in [5, 5.41) is 9.34. The van der Waals surface area contributed by atoms with Crippen LogP contribution in [0, 0.1) is 18.6 Å². The van der Waals surface area contributed by atoms with E-state index < -0.39 is 17.6 Å². The summed E-state index contributed by atoms with van der Waals surface area (Å²) < 4.78 is 28.0. The molecule has 2 amide bonds. The number of nitrogens with one attached hydrogen (secondary N) is 2. The summed E-state index contributed by atoms with van der Waals surface area (Å²) in [6.45, 7) is 1.87. The first-order valence-electron chi connectivity index (χ1n) is 9.67. The molecule has 0 aliphatic carbocycles. The molecule has 8 nitrogen and oxygen atoms in total. The Bertz CT molecular complexity index is 1320. The van der Waals surface area contributed by atoms with Crippen LogP contribution in [0.15, 0.2) is 54.9 Å². The van der Waals surface area contributed by atoms with Crippen LogP contribution in [0.3, 0.4) is 0 Å². The predicted octanol–water partition coefficient (Wildman–Crippen LogP) is 2.57. The Kier molecular flexibility index (Phi) is 5.84. The van der Waals surface area contributed by atoms with Gasteiger partial charge in [0.1, 0.15) is 29.3 Å². The highest BCUT2D eigenvalue weighted by Crippen LogP contribution is 2.11. The second-order valence-corrected chi connectivity index (χ2v) is 7.08. The first-order chi connectivity index (χ1) is 15.4. The molecule has 10 heteroatoms. The molecule has 2 aromatic heterocycles. The molecular formula is C22H18F2N6O2. The van der Waals surface area contributed by atoms with E-state index in [0.29, 0.717) is 16.7 Å². The molecule has 0 aliphatic heterocycles. The standard InChI is InChI=1S/C22H18F2N6O2/c1-13-7-15(5-6-17(13)24)11-25-20(31)18-9-19(30-22(29-18)27-12-28-30)21(32)26-10-14-3-2-4-16(23)8-14/h2-9,12H,10-11H2,1H3,(H,25,31)(H,26,32). The molecule has 0 atom stereocenters. The summed E-state index contributed by atoms with van der Waals surface area (Å²) in [6, 6.07) is 11.7. The van der Waals surface area contributed by atoms with Gasteiger partial charge in [-0.25, -0.2) is 13.8 Å². The Labute approximate surface area is 181 Å². The van der Waals surface area contributed by atoms with Crippen molar-refractivity contribution < 1.29 is 18.4 Å². The van der Waals surface area contributed by atoms with Crippen LogP contribution in [-0.2, 0) is 13.1 Å². The molecule has 4 rings (SSSR count). The Morgan fingerprint density at radius 2 is 1.72 bits per heavy atom. The minimum absolute atomic E-state index is 0.0276. The quantitative estimate of drug-likeness (QED) is 0.484. The van der Waals surface area contributed by atoms with Crippen LogP contribution < -0.4 is 10.6 Å². The minimum atomic E-state index is -0.532. The third-order valence-corrected chi connectivity index (χ3v) is 4.73. The average molecular weight is 436 g/mol.